The van der Waals surface area contributed by atoms with Crippen molar-refractivity contribution in [3.05, 3.63) is 45.4 Å². The predicted octanol–water partition coefficient (Wildman–Crippen LogP) is 0.598. The summed E-state index contributed by atoms with van der Waals surface area (Å²) >= 11 is 0. The van der Waals surface area contributed by atoms with Crippen LogP contribution in [0.25, 0.3) is 0 Å². The Kier molecular flexibility index (Phi) is 3.79. The smallest absolute Gasteiger partial charge is 0.255 e. The molecule has 0 radical (unpaired) electrons. The molecule has 0 saturated carbocycles. The quantitative estimate of drug-likeness (QED) is 0.845. The molecule has 25 heavy (non-hydrogen) atoms. The number of H-pyrrole nitrogens is 1. The SMILES string of the molecule is Nc1nc2c(c(=O)[nH]1)CCN(C(=O)CCc1ccc3c(c1)OCO3)C2. The summed E-state index contributed by atoms with van der Waals surface area (Å²) in [5.41, 5.74) is 7.61. The highest BCUT2D eigenvalue weighted by atomic mass is 16.7. The maximum Gasteiger partial charge on any atom is 0.255 e. The van der Waals surface area contributed by atoms with Crippen molar-refractivity contribution < 1.29 is 14.3 Å². The summed E-state index contributed by atoms with van der Waals surface area (Å²) in [7, 11) is 0. The van der Waals surface area contributed by atoms with Gasteiger partial charge in [0.25, 0.3) is 5.56 Å². The highest BCUT2D eigenvalue weighted by molar-refractivity contribution is 5.76. The Morgan fingerprint density at radius 3 is 3.04 bits per heavy atom. The minimum atomic E-state index is -0.213. The molecule has 8 nitrogen and oxygen atoms in total. The molecule has 1 aromatic heterocycles. The van der Waals surface area contributed by atoms with Gasteiger partial charge in [0.05, 0.1) is 12.2 Å². The topological polar surface area (TPSA) is 111 Å². The molecule has 0 bridgehead atoms. The third-order valence-corrected chi connectivity index (χ3v) is 4.51. The number of nitrogens with two attached hydrogens (primary N) is 1. The van der Waals surface area contributed by atoms with E-state index >= 15 is 0 Å². The predicted molar refractivity (Wildman–Crippen MR) is 89.3 cm³/mol. The van der Waals surface area contributed by atoms with Crippen LogP contribution in [0.15, 0.2) is 23.0 Å². The monoisotopic (exact) mass is 342 g/mol. The molecule has 3 heterocycles. The second kappa shape index (κ2) is 6.12. The van der Waals surface area contributed by atoms with E-state index in [1.165, 1.54) is 0 Å². The number of aryl methyl sites for hydroxylation is 1. The van der Waals surface area contributed by atoms with Gasteiger partial charge < -0.3 is 20.1 Å². The minimum absolute atomic E-state index is 0.0315. The summed E-state index contributed by atoms with van der Waals surface area (Å²) in [4.78, 5) is 32.8. The molecule has 0 saturated heterocycles. The first-order chi connectivity index (χ1) is 12.1. The molecule has 8 heteroatoms. The number of aromatic nitrogens is 2. The zero-order chi connectivity index (χ0) is 17.4. The summed E-state index contributed by atoms with van der Waals surface area (Å²) in [5.74, 6) is 1.56. The van der Waals surface area contributed by atoms with Crippen LogP contribution in [-0.2, 0) is 24.2 Å². The minimum Gasteiger partial charge on any atom is -0.454 e. The maximum atomic E-state index is 12.5. The van der Waals surface area contributed by atoms with Crippen LogP contribution in [0.2, 0.25) is 0 Å². The van der Waals surface area contributed by atoms with Gasteiger partial charge in [0.2, 0.25) is 18.6 Å². The summed E-state index contributed by atoms with van der Waals surface area (Å²) < 4.78 is 10.6. The molecule has 130 valence electrons. The van der Waals surface area contributed by atoms with Gasteiger partial charge in [-0.3, -0.25) is 14.6 Å². The number of hydrogen-bond donors (Lipinski definition) is 2. The lowest BCUT2D eigenvalue weighted by atomic mass is 10.0. The van der Waals surface area contributed by atoms with Gasteiger partial charge in [-0.15, -0.1) is 0 Å². The fourth-order valence-corrected chi connectivity index (χ4v) is 3.18. The molecule has 0 atom stereocenters. The van der Waals surface area contributed by atoms with Crippen molar-refractivity contribution in [3.8, 4) is 11.5 Å². The highest BCUT2D eigenvalue weighted by Crippen LogP contribution is 2.32. The summed E-state index contributed by atoms with van der Waals surface area (Å²) in [5, 5.41) is 0. The zero-order valence-corrected chi connectivity index (χ0v) is 13.6. The molecule has 0 fully saturated rings. The van der Waals surface area contributed by atoms with Gasteiger partial charge >= 0.3 is 0 Å². The number of anilines is 1. The normalized spacial score (nSPS) is 15.1. The van der Waals surface area contributed by atoms with Crippen molar-refractivity contribution >= 4 is 11.9 Å². The first-order valence-corrected chi connectivity index (χ1v) is 8.14. The molecule has 1 aromatic carbocycles. The fourth-order valence-electron chi connectivity index (χ4n) is 3.18. The maximum absolute atomic E-state index is 12.5. The van der Waals surface area contributed by atoms with Gasteiger partial charge in [-0.25, -0.2) is 4.98 Å². The van der Waals surface area contributed by atoms with Crippen LogP contribution in [0.4, 0.5) is 5.95 Å². The molecule has 3 N–H and O–H groups in total. The van der Waals surface area contributed by atoms with E-state index in [1.807, 2.05) is 18.2 Å². The summed E-state index contributed by atoms with van der Waals surface area (Å²) in [6.45, 7) is 1.07. The third-order valence-electron chi connectivity index (χ3n) is 4.51. The number of benzene rings is 1. The van der Waals surface area contributed by atoms with E-state index in [1.54, 1.807) is 4.90 Å². The van der Waals surface area contributed by atoms with Gasteiger partial charge in [0, 0.05) is 18.5 Å². The average Bonchev–Trinajstić information content (AvgIpc) is 3.06. The Hall–Kier alpha value is -3.03. The average molecular weight is 342 g/mol. The number of fused-ring (bicyclic) bond motifs is 2. The van der Waals surface area contributed by atoms with Crippen molar-refractivity contribution in [2.75, 3.05) is 19.1 Å². The molecular weight excluding hydrogens is 324 g/mol. The first kappa shape index (κ1) is 15.5. The molecular formula is C17H18N4O4. The van der Waals surface area contributed by atoms with Crippen LogP contribution in [0.1, 0.15) is 23.2 Å². The van der Waals surface area contributed by atoms with Crippen LogP contribution < -0.4 is 20.8 Å². The van der Waals surface area contributed by atoms with Crippen LogP contribution in [0, 0.1) is 0 Å². The van der Waals surface area contributed by atoms with Crippen LogP contribution in [-0.4, -0.2) is 34.1 Å². The Balaban J connectivity index is 1.41. The van der Waals surface area contributed by atoms with Gasteiger partial charge in [-0.2, -0.15) is 0 Å². The van der Waals surface area contributed by atoms with Crippen molar-refractivity contribution in [1.82, 2.24) is 14.9 Å². The lowest BCUT2D eigenvalue weighted by Crippen LogP contribution is -2.39. The van der Waals surface area contributed by atoms with Crippen LogP contribution in [0.3, 0.4) is 0 Å². The molecule has 0 unspecified atom stereocenters. The molecule has 2 aliphatic rings. The number of nitrogens with zero attached hydrogens (tertiary/aromatic N) is 2. The van der Waals surface area contributed by atoms with E-state index < -0.39 is 0 Å². The van der Waals surface area contributed by atoms with Crippen molar-refractivity contribution in [3.63, 3.8) is 0 Å². The van der Waals surface area contributed by atoms with Crippen molar-refractivity contribution in [2.24, 2.45) is 0 Å². The highest BCUT2D eigenvalue weighted by Gasteiger charge is 2.24. The van der Waals surface area contributed by atoms with Crippen LogP contribution >= 0.6 is 0 Å². The number of ether oxygens (including phenoxy) is 2. The summed E-state index contributed by atoms with van der Waals surface area (Å²) in [6, 6.07) is 5.70. The number of rotatable bonds is 3. The number of carbonyl (C=O) groups is 1. The second-order valence-electron chi connectivity index (χ2n) is 6.13. The largest absolute Gasteiger partial charge is 0.454 e. The summed E-state index contributed by atoms with van der Waals surface area (Å²) in [6.07, 6.45) is 1.49. The van der Waals surface area contributed by atoms with E-state index in [0.29, 0.717) is 43.6 Å². The molecule has 1 amide bonds. The second-order valence-corrected chi connectivity index (χ2v) is 6.13. The van der Waals surface area contributed by atoms with Crippen molar-refractivity contribution in [2.45, 2.75) is 25.8 Å². The third kappa shape index (κ3) is 3.02. The van der Waals surface area contributed by atoms with Gasteiger partial charge in [-0.05, 0) is 30.5 Å². The molecule has 0 aliphatic carbocycles. The number of amides is 1. The standard InChI is InChI=1S/C17H18N4O4/c18-17-19-12-8-21(6-5-11(12)16(23)20-17)15(22)4-2-10-1-3-13-14(7-10)25-9-24-13/h1,3,7H,2,4-6,8-9H2,(H3,18,19,20,23). The van der Waals surface area contributed by atoms with Gasteiger partial charge in [0.15, 0.2) is 11.5 Å². The number of nitrogens with one attached hydrogen (secondary N) is 1. The lowest BCUT2D eigenvalue weighted by molar-refractivity contribution is -0.132. The first-order valence-electron chi connectivity index (χ1n) is 8.14. The Bertz CT molecular complexity index is 893. The van der Waals surface area contributed by atoms with E-state index in [2.05, 4.69) is 9.97 Å². The van der Waals surface area contributed by atoms with E-state index in [0.717, 1.165) is 17.1 Å². The Morgan fingerprint density at radius 1 is 1.32 bits per heavy atom. The van der Waals surface area contributed by atoms with Gasteiger partial charge in [0.1, 0.15) is 0 Å². The molecule has 2 aromatic rings. The molecule has 4 rings (SSSR count). The van der Waals surface area contributed by atoms with Gasteiger partial charge in [-0.1, -0.05) is 6.07 Å². The Labute approximate surface area is 143 Å². The van der Waals surface area contributed by atoms with Crippen LogP contribution in [0.5, 0.6) is 11.5 Å². The number of nitrogen functional groups attached to an aromatic ring is 1. The van der Waals surface area contributed by atoms with E-state index in [4.69, 9.17) is 15.2 Å². The number of hydrogen-bond acceptors (Lipinski definition) is 6. The van der Waals surface area contributed by atoms with E-state index in [-0.39, 0.29) is 24.2 Å². The molecule has 2 aliphatic heterocycles. The lowest BCUT2D eigenvalue weighted by Gasteiger charge is -2.27. The number of carbonyl (C=O) groups excluding carboxylic acids is 1. The Morgan fingerprint density at radius 2 is 2.16 bits per heavy atom. The zero-order valence-electron chi connectivity index (χ0n) is 13.6. The fraction of sp³-hybridized carbons (Fsp3) is 0.353. The van der Waals surface area contributed by atoms with E-state index in [9.17, 15) is 9.59 Å². The number of aromatic amines is 1. The van der Waals surface area contributed by atoms with Crippen molar-refractivity contribution in [1.29, 1.82) is 0 Å². The molecule has 0 spiro atoms.